The molecule has 2 heterocycles. The highest BCUT2D eigenvalue weighted by Crippen LogP contribution is 2.34. The second-order valence-corrected chi connectivity index (χ2v) is 9.21. The fraction of sp³-hybridized carbons (Fsp3) is 0.0870. The van der Waals surface area contributed by atoms with Gasteiger partial charge in [0.05, 0.1) is 12.7 Å². The number of ether oxygens (including phenoxy) is 1. The molecule has 0 spiro atoms. The minimum Gasteiger partial charge on any atom is -0.496 e. The van der Waals surface area contributed by atoms with Gasteiger partial charge in [-0.05, 0) is 66.7 Å². The number of H-pyrrole nitrogens is 1. The Kier molecular flexibility index (Phi) is 6.92. The van der Waals surface area contributed by atoms with Crippen molar-refractivity contribution in [3.8, 4) is 28.5 Å². The van der Waals surface area contributed by atoms with E-state index in [0.29, 0.717) is 33.7 Å². The van der Waals surface area contributed by atoms with E-state index in [-0.39, 0.29) is 10.1 Å². The molecule has 0 fully saturated rings. The first kappa shape index (κ1) is 23.2. The molecule has 0 atom stereocenters. The number of aromatic amines is 1. The third kappa shape index (κ3) is 5.32. The molecule has 0 aliphatic heterocycles. The van der Waals surface area contributed by atoms with E-state index in [9.17, 15) is 9.90 Å². The number of furan rings is 1. The SMILES string of the molecule is COc1ccc(Cl)cc1-c1nc(S/C(=C\c2ccc(-c3ccc(C)cc3Br)o2)C(=O)O)n[nH]1. The number of methoxy groups -OCH3 is 1. The summed E-state index contributed by atoms with van der Waals surface area (Å²) >= 11 is 10.5. The van der Waals surface area contributed by atoms with Crippen LogP contribution in [0.3, 0.4) is 0 Å². The first-order chi connectivity index (χ1) is 15.8. The van der Waals surface area contributed by atoms with Gasteiger partial charge in [0.2, 0.25) is 5.16 Å². The smallest absolute Gasteiger partial charge is 0.342 e. The Hall–Kier alpha value is -3.01. The summed E-state index contributed by atoms with van der Waals surface area (Å²) in [4.78, 5) is 16.2. The van der Waals surface area contributed by atoms with Crippen LogP contribution in [0.4, 0.5) is 0 Å². The number of aliphatic carboxylic acids is 1. The van der Waals surface area contributed by atoms with Crippen molar-refractivity contribution in [2.24, 2.45) is 0 Å². The van der Waals surface area contributed by atoms with Gasteiger partial charge in [-0.2, -0.15) is 0 Å². The molecule has 0 aliphatic carbocycles. The molecule has 0 saturated carbocycles. The van der Waals surface area contributed by atoms with Crippen molar-refractivity contribution in [1.29, 1.82) is 0 Å². The zero-order chi connectivity index (χ0) is 23.5. The third-order valence-electron chi connectivity index (χ3n) is 4.58. The largest absolute Gasteiger partial charge is 0.496 e. The van der Waals surface area contributed by atoms with Gasteiger partial charge in [-0.25, -0.2) is 9.78 Å². The molecule has 0 bridgehead atoms. The number of hydrogen-bond acceptors (Lipinski definition) is 6. The molecule has 0 amide bonds. The van der Waals surface area contributed by atoms with Crippen LogP contribution in [0.5, 0.6) is 5.75 Å². The Morgan fingerprint density at radius 1 is 1.21 bits per heavy atom. The maximum atomic E-state index is 11.9. The van der Waals surface area contributed by atoms with Crippen LogP contribution in [0.1, 0.15) is 11.3 Å². The molecule has 4 rings (SSSR count). The third-order valence-corrected chi connectivity index (χ3v) is 6.35. The molecular formula is C23H17BrClN3O4S. The number of benzene rings is 2. The second-order valence-electron chi connectivity index (χ2n) is 6.91. The van der Waals surface area contributed by atoms with Gasteiger partial charge in [-0.15, -0.1) is 5.10 Å². The fourth-order valence-electron chi connectivity index (χ4n) is 3.04. The lowest BCUT2D eigenvalue weighted by Crippen LogP contribution is -1.97. The van der Waals surface area contributed by atoms with E-state index >= 15 is 0 Å². The van der Waals surface area contributed by atoms with Crippen molar-refractivity contribution in [2.45, 2.75) is 12.1 Å². The topological polar surface area (TPSA) is 101 Å². The number of halogens is 2. The van der Waals surface area contributed by atoms with Crippen LogP contribution in [-0.4, -0.2) is 33.4 Å². The van der Waals surface area contributed by atoms with Crippen molar-refractivity contribution in [3.63, 3.8) is 0 Å². The minimum absolute atomic E-state index is 0.00230. The fourth-order valence-corrected chi connectivity index (χ4v) is 4.58. The number of carboxylic acids is 1. The minimum atomic E-state index is -1.12. The molecule has 33 heavy (non-hydrogen) atoms. The van der Waals surface area contributed by atoms with Gasteiger partial charge < -0.3 is 14.3 Å². The van der Waals surface area contributed by atoms with Gasteiger partial charge in [0.1, 0.15) is 22.2 Å². The molecule has 2 N–H and O–H groups in total. The van der Waals surface area contributed by atoms with Crippen LogP contribution in [0.25, 0.3) is 28.8 Å². The first-order valence-corrected chi connectivity index (χ1v) is 11.6. The summed E-state index contributed by atoms with van der Waals surface area (Å²) in [6.45, 7) is 2.00. The Morgan fingerprint density at radius 3 is 2.76 bits per heavy atom. The van der Waals surface area contributed by atoms with Crippen molar-refractivity contribution in [3.05, 3.63) is 74.3 Å². The summed E-state index contributed by atoms with van der Waals surface area (Å²) in [6, 6.07) is 14.5. The standard InChI is InChI=1S/C23H17BrClN3O4S/c1-12-3-6-15(17(24)9-12)19-8-5-14(32-19)11-20(22(29)30)33-23-26-21(27-28-23)16-10-13(25)4-7-18(16)31-2/h3-11H,1-2H3,(H,29,30)(H,26,27,28)/b20-11-. The number of hydrogen-bond donors (Lipinski definition) is 2. The average molecular weight is 547 g/mol. The number of rotatable bonds is 7. The summed E-state index contributed by atoms with van der Waals surface area (Å²) < 4.78 is 12.1. The Balaban J connectivity index is 1.59. The highest BCUT2D eigenvalue weighted by atomic mass is 79.9. The van der Waals surface area contributed by atoms with Crippen molar-refractivity contribution < 1.29 is 19.1 Å². The summed E-state index contributed by atoms with van der Waals surface area (Å²) in [5.41, 5.74) is 2.60. The van der Waals surface area contributed by atoms with Crippen molar-refractivity contribution >= 4 is 51.3 Å². The molecule has 168 valence electrons. The second kappa shape index (κ2) is 9.86. The van der Waals surface area contributed by atoms with E-state index in [1.807, 2.05) is 25.1 Å². The van der Waals surface area contributed by atoms with Crippen molar-refractivity contribution in [2.75, 3.05) is 7.11 Å². The summed E-state index contributed by atoms with van der Waals surface area (Å²) in [7, 11) is 1.54. The molecule has 0 unspecified atom stereocenters. The average Bonchev–Trinajstić information content (AvgIpc) is 3.43. The molecule has 2 aromatic heterocycles. The van der Waals surface area contributed by atoms with E-state index in [1.54, 1.807) is 30.3 Å². The maximum absolute atomic E-state index is 11.9. The summed E-state index contributed by atoms with van der Waals surface area (Å²) in [6.07, 6.45) is 1.44. The Bertz CT molecular complexity index is 1370. The number of aryl methyl sites for hydroxylation is 1. The van der Waals surface area contributed by atoms with Gasteiger partial charge in [0.15, 0.2) is 5.82 Å². The van der Waals surface area contributed by atoms with Crippen LogP contribution < -0.4 is 4.74 Å². The zero-order valence-corrected chi connectivity index (χ0v) is 20.6. The van der Waals surface area contributed by atoms with Crippen LogP contribution in [0.15, 0.2) is 67.5 Å². The van der Waals surface area contributed by atoms with Crippen molar-refractivity contribution in [1.82, 2.24) is 15.2 Å². The first-order valence-electron chi connectivity index (χ1n) is 9.59. The van der Waals surface area contributed by atoms with Gasteiger partial charge in [-0.3, -0.25) is 5.10 Å². The number of nitrogens with one attached hydrogen (secondary N) is 1. The molecule has 0 radical (unpaired) electrons. The number of carboxylic acid groups (broad SMARTS) is 1. The Labute approximate surface area is 207 Å². The molecular weight excluding hydrogens is 530 g/mol. The van der Waals surface area contributed by atoms with Gasteiger partial charge >= 0.3 is 5.97 Å². The predicted molar refractivity (Wildman–Crippen MR) is 131 cm³/mol. The summed E-state index contributed by atoms with van der Waals surface area (Å²) in [5, 5.41) is 17.4. The predicted octanol–water partition coefficient (Wildman–Crippen LogP) is 6.68. The number of aromatic nitrogens is 3. The molecule has 0 saturated heterocycles. The maximum Gasteiger partial charge on any atom is 0.342 e. The van der Waals surface area contributed by atoms with Crippen LogP contribution in [0, 0.1) is 6.92 Å². The molecule has 2 aromatic carbocycles. The summed E-state index contributed by atoms with van der Waals surface area (Å²) in [5.74, 6) is 0.865. The van der Waals surface area contributed by atoms with Crippen LogP contribution in [-0.2, 0) is 4.79 Å². The van der Waals surface area contributed by atoms with Crippen LogP contribution in [0.2, 0.25) is 5.02 Å². The van der Waals surface area contributed by atoms with E-state index < -0.39 is 5.97 Å². The monoisotopic (exact) mass is 545 g/mol. The molecule has 4 aromatic rings. The lowest BCUT2D eigenvalue weighted by Gasteiger charge is -2.05. The van der Waals surface area contributed by atoms with E-state index in [1.165, 1.54) is 13.2 Å². The normalized spacial score (nSPS) is 11.6. The number of nitrogens with zero attached hydrogens (tertiary/aromatic N) is 2. The quantitative estimate of drug-likeness (QED) is 0.197. The molecule has 7 nitrogen and oxygen atoms in total. The molecule has 10 heteroatoms. The number of carbonyl (C=O) groups is 1. The van der Waals surface area contributed by atoms with Gasteiger partial charge in [0, 0.05) is 21.1 Å². The van der Waals surface area contributed by atoms with E-state index in [4.69, 9.17) is 20.8 Å². The van der Waals surface area contributed by atoms with Gasteiger partial charge in [-0.1, -0.05) is 33.6 Å². The Morgan fingerprint density at radius 2 is 2.03 bits per heavy atom. The zero-order valence-electron chi connectivity index (χ0n) is 17.4. The number of thioether (sulfide) groups is 1. The van der Waals surface area contributed by atoms with Crippen LogP contribution >= 0.6 is 39.3 Å². The molecule has 0 aliphatic rings. The van der Waals surface area contributed by atoms with E-state index in [0.717, 1.165) is 27.4 Å². The highest BCUT2D eigenvalue weighted by molar-refractivity contribution is 9.10. The highest BCUT2D eigenvalue weighted by Gasteiger charge is 2.17. The lowest BCUT2D eigenvalue weighted by atomic mass is 10.1. The lowest BCUT2D eigenvalue weighted by molar-refractivity contribution is -0.131. The van der Waals surface area contributed by atoms with Gasteiger partial charge in [0.25, 0.3) is 0 Å². The van der Waals surface area contributed by atoms with E-state index in [2.05, 4.69) is 31.1 Å².